The molecule has 3 heteroatoms. The summed E-state index contributed by atoms with van der Waals surface area (Å²) in [4.78, 5) is 15.0. The zero-order chi connectivity index (χ0) is 12.1. The maximum Gasteiger partial charge on any atom is 0.270 e. The lowest BCUT2D eigenvalue weighted by Gasteiger charge is -1.99. The Morgan fingerprint density at radius 1 is 1.40 bits per heavy atom. The number of nitrogens with zero attached hydrogens (tertiary/aromatic N) is 1. The van der Waals surface area contributed by atoms with Crippen LogP contribution in [-0.4, -0.2) is 18.2 Å². The van der Waals surface area contributed by atoms with Crippen molar-refractivity contribution in [3.05, 3.63) is 37.6 Å². The molecule has 0 saturated carbocycles. The average molecular weight is 208 g/mol. The lowest BCUT2D eigenvalue weighted by molar-refractivity contribution is -0.114. The highest BCUT2D eigenvalue weighted by atomic mass is 16.1. The molecule has 15 heavy (non-hydrogen) atoms. The Morgan fingerprint density at radius 2 is 2.00 bits per heavy atom. The summed E-state index contributed by atoms with van der Waals surface area (Å²) in [7, 11) is 0. The van der Waals surface area contributed by atoms with Crippen LogP contribution in [0.3, 0.4) is 0 Å². The molecule has 0 heterocycles. The first-order valence-corrected chi connectivity index (χ1v) is 4.96. The van der Waals surface area contributed by atoms with Crippen LogP contribution in [0, 0.1) is 0 Å². The topological polar surface area (TPSA) is 41.5 Å². The normalized spacial score (nSPS) is 10.2. The summed E-state index contributed by atoms with van der Waals surface area (Å²) in [5.41, 5.74) is 0.277. The second-order valence-electron chi connectivity index (χ2n) is 2.18. The van der Waals surface area contributed by atoms with Gasteiger partial charge in [0.05, 0.1) is 0 Å². The summed E-state index contributed by atoms with van der Waals surface area (Å²) in [6, 6.07) is 0. The van der Waals surface area contributed by atoms with E-state index in [0.717, 1.165) is 0 Å². The van der Waals surface area contributed by atoms with Crippen LogP contribution < -0.4 is 5.32 Å². The van der Waals surface area contributed by atoms with Gasteiger partial charge < -0.3 is 5.32 Å². The van der Waals surface area contributed by atoms with Crippen molar-refractivity contribution in [3.8, 4) is 0 Å². The fourth-order valence-electron chi connectivity index (χ4n) is 0.662. The van der Waals surface area contributed by atoms with E-state index in [1.165, 1.54) is 12.3 Å². The molecule has 0 atom stereocenters. The van der Waals surface area contributed by atoms with Crippen LogP contribution in [0.2, 0.25) is 0 Å². The molecule has 1 N–H and O–H groups in total. The fraction of sp³-hybridized carbons (Fsp3) is 0.333. The molecule has 0 rings (SSSR count). The molecule has 0 saturated heterocycles. The number of aliphatic imine (C=N–C) groups is 1. The summed E-state index contributed by atoms with van der Waals surface area (Å²) >= 11 is 0. The summed E-state index contributed by atoms with van der Waals surface area (Å²) in [6.45, 7) is 13.3. The van der Waals surface area contributed by atoms with Crippen molar-refractivity contribution >= 4 is 11.6 Å². The van der Waals surface area contributed by atoms with Crippen LogP contribution in [0.1, 0.15) is 20.8 Å². The van der Waals surface area contributed by atoms with Gasteiger partial charge in [-0.15, -0.1) is 0 Å². The maximum absolute atomic E-state index is 11.2. The molecular weight excluding hydrogens is 188 g/mol. The maximum atomic E-state index is 11.2. The van der Waals surface area contributed by atoms with Crippen molar-refractivity contribution in [2.45, 2.75) is 20.8 Å². The van der Waals surface area contributed by atoms with Gasteiger partial charge >= 0.3 is 0 Å². The van der Waals surface area contributed by atoms with Gasteiger partial charge in [-0.2, -0.15) is 0 Å². The van der Waals surface area contributed by atoms with E-state index in [-0.39, 0.29) is 11.6 Å². The number of allylic oxidation sites excluding steroid dienone is 1. The molecule has 0 aliphatic rings. The first-order chi connectivity index (χ1) is 7.26. The van der Waals surface area contributed by atoms with Crippen molar-refractivity contribution < 1.29 is 4.79 Å². The number of hydrogen-bond acceptors (Lipinski definition) is 2. The molecule has 0 aliphatic carbocycles. The Hall–Kier alpha value is -1.64. The minimum absolute atomic E-state index is 0.243. The largest absolute Gasteiger partial charge is 0.347 e. The van der Waals surface area contributed by atoms with E-state index in [4.69, 9.17) is 0 Å². The Kier molecular flexibility index (Phi) is 13.0. The number of amides is 1. The third kappa shape index (κ3) is 8.68. The molecule has 0 aromatic rings. The zero-order valence-electron chi connectivity index (χ0n) is 9.79. The second kappa shape index (κ2) is 12.4. The van der Waals surface area contributed by atoms with Gasteiger partial charge in [0, 0.05) is 12.7 Å². The van der Waals surface area contributed by atoms with Crippen LogP contribution in [0.25, 0.3) is 0 Å². The van der Waals surface area contributed by atoms with Gasteiger partial charge in [0.1, 0.15) is 5.71 Å². The smallest absolute Gasteiger partial charge is 0.270 e. The summed E-state index contributed by atoms with van der Waals surface area (Å²) in [6.07, 6.45) is 6.41. The van der Waals surface area contributed by atoms with Gasteiger partial charge in [-0.25, -0.2) is 0 Å². The number of hydrogen-bond donors (Lipinski definition) is 1. The van der Waals surface area contributed by atoms with Gasteiger partial charge in [0.25, 0.3) is 5.91 Å². The number of carbonyl (C=O) groups excluding carboxylic acids is 1. The molecule has 0 aromatic carbocycles. The van der Waals surface area contributed by atoms with Crippen LogP contribution in [0.5, 0.6) is 0 Å². The van der Waals surface area contributed by atoms with E-state index in [1.54, 1.807) is 0 Å². The minimum atomic E-state index is -0.243. The highest BCUT2D eigenvalue weighted by molar-refractivity contribution is 6.43. The Bertz CT molecular complexity index is 252. The summed E-state index contributed by atoms with van der Waals surface area (Å²) < 4.78 is 0. The molecule has 3 nitrogen and oxygen atoms in total. The third-order valence-electron chi connectivity index (χ3n) is 1.27. The molecule has 84 valence electrons. The van der Waals surface area contributed by atoms with Crippen LogP contribution >= 0.6 is 0 Å². The SMILES string of the molecule is C=CN=C(C=C)C(=O)NC/C=C/C.CC. The average Bonchev–Trinajstić information content (AvgIpc) is 2.28. The number of nitrogens with one attached hydrogen (secondary N) is 1. The summed E-state index contributed by atoms with van der Waals surface area (Å²) in [5.74, 6) is -0.243. The van der Waals surface area contributed by atoms with Gasteiger partial charge in [0.15, 0.2) is 0 Å². The lowest BCUT2D eigenvalue weighted by Crippen LogP contribution is -2.29. The van der Waals surface area contributed by atoms with Crippen molar-refractivity contribution in [2.75, 3.05) is 6.54 Å². The van der Waals surface area contributed by atoms with E-state index in [2.05, 4.69) is 23.5 Å². The van der Waals surface area contributed by atoms with Crippen molar-refractivity contribution in [1.29, 1.82) is 0 Å². The predicted molar refractivity (Wildman–Crippen MR) is 67.0 cm³/mol. The Labute approximate surface area is 92.3 Å². The van der Waals surface area contributed by atoms with E-state index in [9.17, 15) is 4.79 Å². The molecule has 0 aliphatic heterocycles. The van der Waals surface area contributed by atoms with E-state index < -0.39 is 0 Å². The standard InChI is InChI=1S/C10H14N2O.C2H6/c1-4-7-8-12-10(13)9(5-2)11-6-3;1-2/h4-7H,2-3,8H2,1H3,(H,12,13);1-2H3/b7-4+,11-9?;. The van der Waals surface area contributed by atoms with Crippen LogP contribution in [0.4, 0.5) is 0 Å². The minimum Gasteiger partial charge on any atom is -0.347 e. The number of rotatable bonds is 5. The Morgan fingerprint density at radius 3 is 2.40 bits per heavy atom. The lowest BCUT2D eigenvalue weighted by atomic mass is 10.3. The van der Waals surface area contributed by atoms with E-state index >= 15 is 0 Å². The fourth-order valence-corrected chi connectivity index (χ4v) is 0.662. The molecule has 0 unspecified atom stereocenters. The quantitative estimate of drug-likeness (QED) is 0.547. The zero-order valence-corrected chi connectivity index (χ0v) is 9.79. The molecule has 0 aromatic heterocycles. The molecule has 0 radical (unpaired) electrons. The number of carbonyl (C=O) groups is 1. The first kappa shape index (κ1) is 15.8. The molecule has 1 amide bonds. The molecule has 0 bridgehead atoms. The van der Waals surface area contributed by atoms with Crippen molar-refractivity contribution in [1.82, 2.24) is 5.32 Å². The molecular formula is C12H20N2O. The summed E-state index contributed by atoms with van der Waals surface area (Å²) in [5, 5.41) is 2.64. The molecule has 0 fully saturated rings. The highest BCUT2D eigenvalue weighted by Gasteiger charge is 2.03. The van der Waals surface area contributed by atoms with Crippen molar-refractivity contribution in [3.63, 3.8) is 0 Å². The van der Waals surface area contributed by atoms with Crippen molar-refractivity contribution in [2.24, 2.45) is 4.99 Å². The van der Waals surface area contributed by atoms with E-state index in [1.807, 2.05) is 32.9 Å². The monoisotopic (exact) mass is 208 g/mol. The van der Waals surface area contributed by atoms with Gasteiger partial charge in [0.2, 0.25) is 0 Å². The Balaban J connectivity index is 0. The van der Waals surface area contributed by atoms with Gasteiger partial charge in [-0.3, -0.25) is 9.79 Å². The third-order valence-corrected chi connectivity index (χ3v) is 1.27. The van der Waals surface area contributed by atoms with Crippen LogP contribution in [-0.2, 0) is 4.79 Å². The first-order valence-electron chi connectivity index (χ1n) is 4.96. The van der Waals surface area contributed by atoms with Gasteiger partial charge in [-0.05, 0) is 13.0 Å². The molecule has 0 spiro atoms. The highest BCUT2D eigenvalue weighted by Crippen LogP contribution is 1.82. The van der Waals surface area contributed by atoms with E-state index in [0.29, 0.717) is 6.54 Å². The van der Waals surface area contributed by atoms with Crippen LogP contribution in [0.15, 0.2) is 42.6 Å². The predicted octanol–water partition coefficient (Wildman–Crippen LogP) is 2.48. The second-order valence-corrected chi connectivity index (χ2v) is 2.18. The van der Waals surface area contributed by atoms with Gasteiger partial charge in [-0.1, -0.05) is 39.2 Å².